The van der Waals surface area contributed by atoms with Crippen molar-refractivity contribution in [2.75, 3.05) is 6.61 Å². The molecule has 0 fully saturated rings. The van der Waals surface area contributed by atoms with Gasteiger partial charge in [-0.3, -0.25) is 0 Å². The summed E-state index contributed by atoms with van der Waals surface area (Å²) in [5.74, 6) is 0.825. The fourth-order valence-corrected chi connectivity index (χ4v) is 3.05. The molecule has 1 aliphatic rings. The van der Waals surface area contributed by atoms with E-state index in [1.165, 1.54) is 12.1 Å². The van der Waals surface area contributed by atoms with E-state index in [1.54, 1.807) is 6.07 Å². The Bertz CT molecular complexity index is 632. The van der Waals surface area contributed by atoms with Crippen molar-refractivity contribution >= 4 is 15.9 Å². The van der Waals surface area contributed by atoms with Crippen LogP contribution in [0, 0.1) is 5.82 Å². The quantitative estimate of drug-likeness (QED) is 0.929. The van der Waals surface area contributed by atoms with Gasteiger partial charge in [-0.2, -0.15) is 0 Å². The first-order valence-electron chi connectivity index (χ1n) is 6.56. The van der Waals surface area contributed by atoms with Crippen LogP contribution in [0.2, 0.25) is 0 Å². The predicted molar refractivity (Wildman–Crippen MR) is 80.5 cm³/mol. The number of nitrogens with two attached hydrogens (primary N) is 1. The number of rotatable bonds is 3. The number of hydrogen-bond acceptors (Lipinski definition) is 2. The van der Waals surface area contributed by atoms with Crippen molar-refractivity contribution in [2.45, 2.75) is 18.4 Å². The van der Waals surface area contributed by atoms with Crippen LogP contribution >= 0.6 is 15.9 Å². The molecule has 0 spiro atoms. The normalized spacial score (nSPS) is 18.4. The third-order valence-electron chi connectivity index (χ3n) is 3.72. The Kier molecular flexibility index (Phi) is 3.76. The fourth-order valence-electron chi connectivity index (χ4n) is 2.64. The average molecular weight is 336 g/mol. The summed E-state index contributed by atoms with van der Waals surface area (Å²) in [5.41, 5.74) is 8.36. The van der Waals surface area contributed by atoms with Crippen LogP contribution in [0.1, 0.15) is 17.0 Å². The van der Waals surface area contributed by atoms with E-state index in [4.69, 9.17) is 10.5 Å². The first kappa shape index (κ1) is 13.6. The van der Waals surface area contributed by atoms with E-state index >= 15 is 0 Å². The van der Waals surface area contributed by atoms with Crippen LogP contribution in [0.5, 0.6) is 5.75 Å². The lowest BCUT2D eigenvalue weighted by atomic mass is 9.90. The van der Waals surface area contributed by atoms with E-state index in [1.807, 2.05) is 24.3 Å². The van der Waals surface area contributed by atoms with Crippen molar-refractivity contribution in [2.24, 2.45) is 5.73 Å². The Morgan fingerprint density at radius 2 is 2.10 bits per heavy atom. The smallest absolute Gasteiger partial charge is 0.123 e. The molecular weight excluding hydrogens is 321 g/mol. The molecule has 0 saturated carbocycles. The van der Waals surface area contributed by atoms with Crippen LogP contribution in [-0.2, 0) is 6.42 Å². The van der Waals surface area contributed by atoms with Gasteiger partial charge in [-0.25, -0.2) is 4.39 Å². The first-order chi connectivity index (χ1) is 9.65. The van der Waals surface area contributed by atoms with E-state index in [2.05, 4.69) is 15.9 Å². The Morgan fingerprint density at radius 3 is 2.95 bits per heavy atom. The maximum atomic E-state index is 13.3. The van der Waals surface area contributed by atoms with E-state index in [-0.39, 0.29) is 17.8 Å². The van der Waals surface area contributed by atoms with Gasteiger partial charge in [0.05, 0.1) is 6.61 Å². The third-order valence-corrected chi connectivity index (χ3v) is 4.49. The molecule has 1 heterocycles. The zero-order valence-corrected chi connectivity index (χ0v) is 12.4. The number of hydrogen-bond donors (Lipinski definition) is 1. The van der Waals surface area contributed by atoms with Gasteiger partial charge < -0.3 is 10.5 Å². The molecule has 2 unspecified atom stereocenters. The molecule has 0 saturated heterocycles. The maximum Gasteiger partial charge on any atom is 0.123 e. The molecule has 4 heteroatoms. The zero-order valence-electron chi connectivity index (χ0n) is 10.9. The number of fused-ring (bicyclic) bond motifs is 1. The Balaban J connectivity index is 1.81. The van der Waals surface area contributed by atoms with Crippen molar-refractivity contribution in [1.82, 2.24) is 0 Å². The molecule has 104 valence electrons. The number of halogens is 2. The van der Waals surface area contributed by atoms with Crippen LogP contribution in [0.15, 0.2) is 46.9 Å². The lowest BCUT2D eigenvalue weighted by Gasteiger charge is -2.19. The molecule has 2 aromatic carbocycles. The Labute approximate surface area is 125 Å². The molecule has 0 amide bonds. The fraction of sp³-hybridized carbons (Fsp3) is 0.250. The molecule has 2 aromatic rings. The molecule has 20 heavy (non-hydrogen) atoms. The minimum absolute atomic E-state index is 0.100. The molecule has 2 nitrogen and oxygen atoms in total. The summed E-state index contributed by atoms with van der Waals surface area (Å²) in [5, 5.41) is 0. The van der Waals surface area contributed by atoms with Gasteiger partial charge in [0.2, 0.25) is 0 Å². The molecule has 0 bridgehead atoms. The van der Waals surface area contributed by atoms with Gasteiger partial charge in [0, 0.05) is 22.0 Å². The van der Waals surface area contributed by atoms with Crippen LogP contribution in [0.4, 0.5) is 4.39 Å². The van der Waals surface area contributed by atoms with Crippen molar-refractivity contribution in [3.63, 3.8) is 0 Å². The largest absolute Gasteiger partial charge is 0.493 e. The lowest BCUT2D eigenvalue weighted by molar-refractivity contribution is 0.313. The number of ether oxygens (including phenoxy) is 1. The summed E-state index contributed by atoms with van der Waals surface area (Å²) in [6, 6.07) is 12.5. The molecule has 0 radical (unpaired) electrons. The highest BCUT2D eigenvalue weighted by molar-refractivity contribution is 9.10. The highest BCUT2D eigenvalue weighted by Crippen LogP contribution is 2.36. The van der Waals surface area contributed by atoms with E-state index in [9.17, 15) is 4.39 Å². The maximum absolute atomic E-state index is 13.3. The summed E-state index contributed by atoms with van der Waals surface area (Å²) < 4.78 is 19.9. The monoisotopic (exact) mass is 335 g/mol. The van der Waals surface area contributed by atoms with Gasteiger partial charge in [-0.05, 0) is 36.2 Å². The average Bonchev–Trinajstić information content (AvgIpc) is 2.87. The molecule has 1 aliphatic heterocycles. The SMILES string of the molecule is NC(Cc1cc(F)ccc1Br)C1COc2ccccc21. The first-order valence-corrected chi connectivity index (χ1v) is 7.35. The van der Waals surface area contributed by atoms with Crippen LogP contribution in [0.3, 0.4) is 0 Å². The molecule has 2 N–H and O–H groups in total. The zero-order chi connectivity index (χ0) is 14.1. The highest BCUT2D eigenvalue weighted by atomic mass is 79.9. The summed E-state index contributed by atoms with van der Waals surface area (Å²) in [4.78, 5) is 0. The third kappa shape index (κ3) is 2.58. The summed E-state index contributed by atoms with van der Waals surface area (Å²) in [7, 11) is 0. The van der Waals surface area contributed by atoms with Crippen molar-refractivity contribution in [3.8, 4) is 5.75 Å². The lowest BCUT2D eigenvalue weighted by Crippen LogP contribution is -2.31. The summed E-state index contributed by atoms with van der Waals surface area (Å²) in [6.45, 7) is 0.591. The standard InChI is InChI=1S/C16H15BrFNO/c17-14-6-5-11(18)7-10(14)8-15(19)13-9-20-16-4-2-1-3-12(13)16/h1-7,13,15H,8-9,19H2. The minimum Gasteiger partial charge on any atom is -0.493 e. The van der Waals surface area contributed by atoms with Gasteiger partial charge >= 0.3 is 0 Å². The van der Waals surface area contributed by atoms with E-state index in [0.29, 0.717) is 13.0 Å². The van der Waals surface area contributed by atoms with Gasteiger partial charge in [0.1, 0.15) is 11.6 Å². The highest BCUT2D eigenvalue weighted by Gasteiger charge is 2.29. The van der Waals surface area contributed by atoms with Crippen LogP contribution in [-0.4, -0.2) is 12.6 Å². The number of benzene rings is 2. The second kappa shape index (κ2) is 5.54. The molecule has 3 rings (SSSR count). The van der Waals surface area contributed by atoms with Gasteiger partial charge in [0.15, 0.2) is 0 Å². The topological polar surface area (TPSA) is 35.2 Å². The van der Waals surface area contributed by atoms with Gasteiger partial charge in [-0.1, -0.05) is 34.1 Å². The van der Waals surface area contributed by atoms with E-state index in [0.717, 1.165) is 21.3 Å². The van der Waals surface area contributed by atoms with Crippen molar-refractivity contribution in [1.29, 1.82) is 0 Å². The summed E-state index contributed by atoms with van der Waals surface area (Å²) >= 11 is 3.45. The van der Waals surface area contributed by atoms with Crippen molar-refractivity contribution < 1.29 is 9.13 Å². The van der Waals surface area contributed by atoms with Crippen molar-refractivity contribution in [3.05, 3.63) is 63.9 Å². The summed E-state index contributed by atoms with van der Waals surface area (Å²) in [6.07, 6.45) is 0.612. The molecule has 2 atom stereocenters. The molecule has 0 aromatic heterocycles. The van der Waals surface area contributed by atoms with Gasteiger partial charge in [0.25, 0.3) is 0 Å². The Hall–Kier alpha value is -1.39. The predicted octanol–water partition coefficient (Wildman–Crippen LogP) is 3.63. The minimum atomic E-state index is -0.238. The number of para-hydroxylation sites is 1. The van der Waals surface area contributed by atoms with Crippen LogP contribution < -0.4 is 10.5 Å². The van der Waals surface area contributed by atoms with Gasteiger partial charge in [-0.15, -0.1) is 0 Å². The molecular formula is C16H15BrFNO. The van der Waals surface area contributed by atoms with Crippen LogP contribution in [0.25, 0.3) is 0 Å². The second-order valence-corrected chi connectivity index (χ2v) is 5.91. The molecule has 0 aliphatic carbocycles. The second-order valence-electron chi connectivity index (χ2n) is 5.06. The Morgan fingerprint density at radius 1 is 1.30 bits per heavy atom. The van der Waals surface area contributed by atoms with E-state index < -0.39 is 0 Å².